The lowest BCUT2D eigenvalue weighted by atomic mass is 9.99. The van der Waals surface area contributed by atoms with Crippen molar-refractivity contribution in [2.75, 3.05) is 11.9 Å². The molecule has 4 nitrogen and oxygen atoms in total. The number of aryl methyl sites for hydroxylation is 1. The van der Waals surface area contributed by atoms with Crippen LogP contribution in [0.5, 0.6) is 0 Å². The van der Waals surface area contributed by atoms with Gasteiger partial charge in [0.15, 0.2) is 5.78 Å². The molecule has 0 saturated carbocycles. The second-order valence-electron chi connectivity index (χ2n) is 6.96. The molecule has 0 unspecified atom stereocenters. The van der Waals surface area contributed by atoms with Gasteiger partial charge in [-0.3, -0.25) is 9.59 Å². The molecule has 1 amide bonds. The van der Waals surface area contributed by atoms with Crippen LogP contribution in [0.3, 0.4) is 0 Å². The van der Waals surface area contributed by atoms with Gasteiger partial charge in [0.05, 0.1) is 0 Å². The van der Waals surface area contributed by atoms with Crippen LogP contribution in [0.25, 0.3) is 11.1 Å². The highest BCUT2D eigenvalue weighted by atomic mass is 35.5. The Labute approximate surface area is 186 Å². The summed E-state index contributed by atoms with van der Waals surface area (Å²) in [4.78, 5) is 30.1. The second-order valence-corrected chi connectivity index (χ2v) is 7.75. The number of aromatic nitrogens is 1. The van der Waals surface area contributed by atoms with Crippen molar-refractivity contribution in [3.63, 3.8) is 0 Å². The molecule has 0 aliphatic carbocycles. The molecule has 0 aliphatic rings. The average Bonchev–Trinajstić information content (AvgIpc) is 2.77. The second kappa shape index (κ2) is 9.88. The van der Waals surface area contributed by atoms with Gasteiger partial charge in [-0.1, -0.05) is 60.5 Å². The minimum Gasteiger partial charge on any atom is -0.316 e. The van der Waals surface area contributed by atoms with E-state index in [9.17, 15) is 9.59 Å². The van der Waals surface area contributed by atoms with E-state index < -0.39 is 0 Å². The highest BCUT2D eigenvalue weighted by Gasteiger charge is 2.12. The van der Waals surface area contributed by atoms with Gasteiger partial charge in [0.2, 0.25) is 5.91 Å². The zero-order chi connectivity index (χ0) is 21.7. The molecule has 0 fully saturated rings. The minimum atomic E-state index is 0.0217. The van der Waals surface area contributed by atoms with Crippen molar-refractivity contribution in [3.8, 4) is 11.1 Å². The van der Waals surface area contributed by atoms with Crippen LogP contribution in [-0.2, 0) is 11.2 Å². The molecular formula is C24H22Cl2N2O2. The third-order valence-corrected chi connectivity index (χ3v) is 5.50. The highest BCUT2D eigenvalue weighted by Crippen LogP contribution is 2.30. The Balaban J connectivity index is 1.70. The summed E-state index contributed by atoms with van der Waals surface area (Å²) in [5.41, 5.74) is 4.13. The van der Waals surface area contributed by atoms with E-state index in [1.807, 2.05) is 43.3 Å². The van der Waals surface area contributed by atoms with E-state index in [0.29, 0.717) is 35.0 Å². The Hall–Kier alpha value is -2.69. The monoisotopic (exact) mass is 440 g/mol. The largest absolute Gasteiger partial charge is 0.316 e. The SMILES string of the molecule is CCC(=O)N(C)c1ccc(-c2ccc(C(=O)CCc3ccc(Cl)nc3)cc2Cl)cc1. The summed E-state index contributed by atoms with van der Waals surface area (Å²) in [6.45, 7) is 1.84. The summed E-state index contributed by atoms with van der Waals surface area (Å²) in [5, 5.41) is 0.948. The minimum absolute atomic E-state index is 0.0217. The van der Waals surface area contributed by atoms with Crippen molar-refractivity contribution in [3.05, 3.63) is 82.1 Å². The van der Waals surface area contributed by atoms with Crippen LogP contribution >= 0.6 is 23.2 Å². The molecule has 3 rings (SSSR count). The molecule has 1 aromatic heterocycles. The molecular weight excluding hydrogens is 419 g/mol. The Morgan fingerprint density at radius 3 is 2.33 bits per heavy atom. The highest BCUT2D eigenvalue weighted by molar-refractivity contribution is 6.33. The maximum Gasteiger partial charge on any atom is 0.226 e. The molecule has 0 atom stereocenters. The summed E-state index contributed by atoms with van der Waals surface area (Å²) in [7, 11) is 1.76. The fraction of sp³-hybridized carbons (Fsp3) is 0.208. The van der Waals surface area contributed by atoms with Gasteiger partial charge in [0, 0.05) is 47.9 Å². The normalized spacial score (nSPS) is 10.7. The lowest BCUT2D eigenvalue weighted by Crippen LogP contribution is -2.24. The summed E-state index contributed by atoms with van der Waals surface area (Å²) >= 11 is 12.3. The number of hydrogen-bond acceptors (Lipinski definition) is 3. The summed E-state index contributed by atoms with van der Waals surface area (Å²) < 4.78 is 0. The number of pyridine rings is 1. The molecule has 0 bridgehead atoms. The van der Waals surface area contributed by atoms with E-state index in [-0.39, 0.29) is 11.7 Å². The zero-order valence-corrected chi connectivity index (χ0v) is 18.4. The molecule has 30 heavy (non-hydrogen) atoms. The maximum absolute atomic E-state index is 12.6. The fourth-order valence-electron chi connectivity index (χ4n) is 3.12. The van der Waals surface area contributed by atoms with E-state index in [1.165, 1.54) is 0 Å². The predicted octanol–water partition coefficient (Wildman–Crippen LogP) is 6.24. The zero-order valence-electron chi connectivity index (χ0n) is 16.9. The Bertz CT molecular complexity index is 1050. The van der Waals surface area contributed by atoms with Crippen LogP contribution in [0.2, 0.25) is 10.2 Å². The Kier molecular flexibility index (Phi) is 7.24. The van der Waals surface area contributed by atoms with E-state index in [4.69, 9.17) is 23.2 Å². The Morgan fingerprint density at radius 1 is 1.00 bits per heavy atom. The van der Waals surface area contributed by atoms with Crippen molar-refractivity contribution in [2.24, 2.45) is 0 Å². The smallest absolute Gasteiger partial charge is 0.226 e. The summed E-state index contributed by atoms with van der Waals surface area (Å²) in [6, 6.07) is 16.6. The standard InChI is InChI=1S/C24H22Cl2N2O2/c1-3-24(30)28(2)19-9-6-17(7-10-19)20-11-8-18(14-21(20)25)22(29)12-4-16-5-13-23(26)27-15-16/h5-11,13-15H,3-4,12H2,1-2H3. The molecule has 2 aromatic carbocycles. The van der Waals surface area contributed by atoms with Gasteiger partial charge in [0.1, 0.15) is 5.15 Å². The van der Waals surface area contributed by atoms with Crippen LogP contribution in [0, 0.1) is 0 Å². The number of carbonyl (C=O) groups is 2. The molecule has 1 heterocycles. The number of anilines is 1. The van der Waals surface area contributed by atoms with Gasteiger partial charge < -0.3 is 4.90 Å². The first-order valence-electron chi connectivity index (χ1n) is 9.69. The number of rotatable bonds is 7. The number of Topliss-reactive ketones (excluding diaryl/α,β-unsaturated/α-hetero) is 1. The molecule has 0 N–H and O–H groups in total. The first-order valence-corrected chi connectivity index (χ1v) is 10.4. The number of benzene rings is 2. The van der Waals surface area contributed by atoms with Crippen molar-refractivity contribution in [1.29, 1.82) is 0 Å². The molecule has 0 radical (unpaired) electrons. The van der Waals surface area contributed by atoms with E-state index in [2.05, 4.69) is 4.98 Å². The lowest BCUT2D eigenvalue weighted by Gasteiger charge is -2.17. The van der Waals surface area contributed by atoms with E-state index in [1.54, 1.807) is 36.3 Å². The van der Waals surface area contributed by atoms with Crippen LogP contribution in [-0.4, -0.2) is 23.7 Å². The number of carbonyl (C=O) groups excluding carboxylic acids is 2. The van der Waals surface area contributed by atoms with Gasteiger partial charge in [-0.2, -0.15) is 0 Å². The molecule has 154 valence electrons. The van der Waals surface area contributed by atoms with Crippen LogP contribution in [0.15, 0.2) is 60.8 Å². The van der Waals surface area contributed by atoms with Gasteiger partial charge >= 0.3 is 0 Å². The van der Waals surface area contributed by atoms with Gasteiger partial charge in [-0.15, -0.1) is 0 Å². The maximum atomic E-state index is 12.6. The number of nitrogens with zero attached hydrogens (tertiary/aromatic N) is 2. The lowest BCUT2D eigenvalue weighted by molar-refractivity contribution is -0.118. The van der Waals surface area contributed by atoms with Crippen LogP contribution in [0.4, 0.5) is 5.69 Å². The average molecular weight is 441 g/mol. The first-order chi connectivity index (χ1) is 14.4. The van der Waals surface area contributed by atoms with Crippen molar-refractivity contribution < 1.29 is 9.59 Å². The topological polar surface area (TPSA) is 50.3 Å². The van der Waals surface area contributed by atoms with Crippen molar-refractivity contribution in [1.82, 2.24) is 4.98 Å². The van der Waals surface area contributed by atoms with Crippen LogP contribution < -0.4 is 4.90 Å². The summed E-state index contributed by atoms with van der Waals surface area (Å²) in [5.74, 6) is 0.0754. The number of amides is 1. The van der Waals surface area contributed by atoms with Crippen molar-refractivity contribution >= 4 is 40.6 Å². The third kappa shape index (κ3) is 5.26. The quantitative estimate of drug-likeness (QED) is 0.322. The predicted molar refractivity (Wildman–Crippen MR) is 122 cm³/mol. The van der Waals surface area contributed by atoms with Gasteiger partial charge in [-0.25, -0.2) is 4.98 Å². The Morgan fingerprint density at radius 2 is 1.73 bits per heavy atom. The van der Waals surface area contributed by atoms with E-state index >= 15 is 0 Å². The number of ketones is 1. The van der Waals surface area contributed by atoms with Crippen LogP contribution in [0.1, 0.15) is 35.7 Å². The molecule has 0 aliphatic heterocycles. The first kappa shape index (κ1) is 22.0. The van der Waals surface area contributed by atoms with Crippen molar-refractivity contribution in [2.45, 2.75) is 26.2 Å². The summed E-state index contributed by atoms with van der Waals surface area (Å²) in [6.07, 6.45) is 3.09. The molecule has 0 saturated heterocycles. The molecule has 6 heteroatoms. The third-order valence-electron chi connectivity index (χ3n) is 4.96. The molecule has 3 aromatic rings. The number of hydrogen-bond donors (Lipinski definition) is 0. The number of halogens is 2. The molecule has 0 spiro atoms. The fourth-order valence-corrected chi connectivity index (χ4v) is 3.53. The van der Waals surface area contributed by atoms with Gasteiger partial charge in [-0.05, 0) is 41.8 Å². The van der Waals surface area contributed by atoms with E-state index in [0.717, 1.165) is 22.4 Å². The van der Waals surface area contributed by atoms with Gasteiger partial charge in [0.25, 0.3) is 0 Å².